The number of aryl methyl sites for hydroxylation is 2. The lowest BCUT2D eigenvalue weighted by Crippen LogP contribution is -2.45. The Kier molecular flexibility index (Phi) is 4.26. The van der Waals surface area contributed by atoms with E-state index in [4.69, 9.17) is 18.0 Å². The van der Waals surface area contributed by atoms with E-state index in [-0.39, 0.29) is 5.91 Å². The fourth-order valence-corrected chi connectivity index (χ4v) is 4.72. The zero-order chi connectivity index (χ0) is 14.9. The minimum Gasteiger partial charge on any atom is -0.392 e. The second kappa shape index (κ2) is 6.01. The van der Waals surface area contributed by atoms with Crippen LogP contribution < -0.4 is 11.1 Å². The summed E-state index contributed by atoms with van der Waals surface area (Å²) in [6, 6.07) is 0. The van der Waals surface area contributed by atoms with Crippen LogP contribution in [0.2, 0.25) is 0 Å². The molecule has 0 bridgehead atoms. The summed E-state index contributed by atoms with van der Waals surface area (Å²) in [5.74, 6) is -0.0516. The number of fused-ring (bicyclic) bond motifs is 1. The number of rotatable bonds is 3. The first-order valence-electron chi connectivity index (χ1n) is 7.72. The molecule has 0 aromatic carbocycles. The maximum atomic E-state index is 12.8. The Balaban J connectivity index is 1.78. The van der Waals surface area contributed by atoms with Crippen LogP contribution in [0.25, 0.3) is 0 Å². The quantitative estimate of drug-likeness (QED) is 0.662. The van der Waals surface area contributed by atoms with Gasteiger partial charge in [0, 0.05) is 4.88 Å². The van der Waals surface area contributed by atoms with Gasteiger partial charge in [-0.15, -0.1) is 11.3 Å². The van der Waals surface area contributed by atoms with Crippen LogP contribution in [0, 0.1) is 5.41 Å². The summed E-state index contributed by atoms with van der Waals surface area (Å²) in [5, 5.41) is 3.70. The monoisotopic (exact) mass is 323 g/mol. The summed E-state index contributed by atoms with van der Waals surface area (Å²) in [7, 11) is 0. The molecule has 0 spiro atoms. The Bertz CT molecular complexity index is 538. The highest BCUT2D eigenvalue weighted by Crippen LogP contribution is 2.38. The molecule has 4 nitrogen and oxygen atoms in total. The zero-order valence-corrected chi connectivity index (χ0v) is 13.7. The lowest BCUT2D eigenvalue weighted by molar-refractivity contribution is -0.122. The number of nitrogens with zero attached hydrogens (tertiary/aromatic N) is 1. The average Bonchev–Trinajstić information content (AvgIpc) is 2.91. The summed E-state index contributed by atoms with van der Waals surface area (Å²) in [4.78, 5) is 19.0. The van der Waals surface area contributed by atoms with Gasteiger partial charge >= 0.3 is 0 Å². The molecule has 1 saturated carbocycles. The number of hydrogen-bond acceptors (Lipinski definition) is 4. The first kappa shape index (κ1) is 14.9. The number of nitrogens with one attached hydrogen (secondary N) is 1. The molecule has 0 radical (unpaired) electrons. The highest BCUT2D eigenvalue weighted by Gasteiger charge is 2.42. The van der Waals surface area contributed by atoms with Gasteiger partial charge in [-0.3, -0.25) is 4.79 Å². The van der Waals surface area contributed by atoms with Crippen molar-refractivity contribution in [3.8, 4) is 0 Å². The van der Waals surface area contributed by atoms with Crippen molar-refractivity contribution in [3.63, 3.8) is 0 Å². The predicted molar refractivity (Wildman–Crippen MR) is 89.7 cm³/mol. The molecule has 6 heteroatoms. The third kappa shape index (κ3) is 2.83. The van der Waals surface area contributed by atoms with E-state index < -0.39 is 5.41 Å². The third-order valence-corrected chi connectivity index (χ3v) is 6.14. The Hall–Kier alpha value is -1.01. The largest absolute Gasteiger partial charge is 0.392 e. The van der Waals surface area contributed by atoms with Crippen LogP contribution in [0.1, 0.15) is 55.5 Å². The fraction of sp³-hybridized carbons (Fsp3) is 0.667. The standard InChI is InChI=1S/C15H21N3OS2/c16-12(20)15(8-3-1-2-4-9-15)13(19)18-14-17-10-6-5-7-11(10)21-14/h1-9H2,(H2,16,20)(H,17,18,19). The number of thiazole rings is 1. The molecule has 21 heavy (non-hydrogen) atoms. The molecule has 0 saturated heterocycles. The van der Waals surface area contributed by atoms with Crippen molar-refractivity contribution in [2.24, 2.45) is 11.1 Å². The van der Waals surface area contributed by atoms with E-state index in [2.05, 4.69) is 10.3 Å². The van der Waals surface area contributed by atoms with Crippen molar-refractivity contribution in [1.82, 2.24) is 4.98 Å². The number of thiocarbonyl (C=S) groups is 1. The Morgan fingerprint density at radius 2 is 1.90 bits per heavy atom. The van der Waals surface area contributed by atoms with Crippen molar-refractivity contribution < 1.29 is 4.79 Å². The molecule has 1 amide bonds. The van der Waals surface area contributed by atoms with Gasteiger partial charge in [-0.25, -0.2) is 4.98 Å². The summed E-state index contributed by atoms with van der Waals surface area (Å²) in [6.45, 7) is 0. The lowest BCUT2D eigenvalue weighted by atomic mass is 9.79. The van der Waals surface area contributed by atoms with E-state index in [0.29, 0.717) is 10.1 Å². The topological polar surface area (TPSA) is 68.0 Å². The van der Waals surface area contributed by atoms with Gasteiger partial charge in [0.2, 0.25) is 5.91 Å². The van der Waals surface area contributed by atoms with E-state index in [0.717, 1.165) is 57.1 Å². The Morgan fingerprint density at radius 1 is 1.19 bits per heavy atom. The smallest absolute Gasteiger partial charge is 0.239 e. The van der Waals surface area contributed by atoms with Crippen LogP contribution >= 0.6 is 23.6 Å². The molecule has 0 unspecified atom stereocenters. The molecular weight excluding hydrogens is 302 g/mol. The minimum atomic E-state index is -0.679. The van der Waals surface area contributed by atoms with Gasteiger partial charge in [0.05, 0.1) is 16.1 Å². The number of nitrogens with two attached hydrogens (primary N) is 1. The van der Waals surface area contributed by atoms with Crippen molar-refractivity contribution in [1.29, 1.82) is 0 Å². The number of aromatic nitrogens is 1. The molecule has 2 aliphatic rings. The number of amides is 1. The number of anilines is 1. The molecule has 3 rings (SSSR count). The first-order chi connectivity index (χ1) is 10.1. The van der Waals surface area contributed by atoms with Crippen molar-refractivity contribution in [2.45, 2.75) is 57.8 Å². The first-order valence-corrected chi connectivity index (χ1v) is 8.94. The van der Waals surface area contributed by atoms with E-state index in [1.54, 1.807) is 11.3 Å². The van der Waals surface area contributed by atoms with Crippen molar-refractivity contribution in [3.05, 3.63) is 10.6 Å². The fourth-order valence-electron chi connectivity index (χ4n) is 3.38. The SMILES string of the molecule is NC(=S)C1(C(=O)Nc2nc3c(s2)CCC3)CCCCCC1. The highest BCUT2D eigenvalue weighted by atomic mass is 32.1. The van der Waals surface area contributed by atoms with Gasteiger partial charge in [0.15, 0.2) is 5.13 Å². The van der Waals surface area contributed by atoms with Crippen molar-refractivity contribution in [2.75, 3.05) is 5.32 Å². The predicted octanol–water partition coefficient (Wildman–Crippen LogP) is 3.20. The van der Waals surface area contributed by atoms with E-state index >= 15 is 0 Å². The van der Waals surface area contributed by atoms with Crippen LogP contribution in [0.15, 0.2) is 0 Å². The van der Waals surface area contributed by atoms with Crippen LogP contribution in [-0.4, -0.2) is 15.9 Å². The second-order valence-electron chi connectivity index (χ2n) is 6.06. The molecule has 1 heterocycles. The summed E-state index contributed by atoms with van der Waals surface area (Å²) in [5.41, 5.74) is 6.43. The second-order valence-corrected chi connectivity index (χ2v) is 7.58. The summed E-state index contributed by atoms with van der Waals surface area (Å²) < 4.78 is 0. The molecule has 3 N–H and O–H groups in total. The van der Waals surface area contributed by atoms with Gasteiger partial charge < -0.3 is 11.1 Å². The van der Waals surface area contributed by atoms with Crippen molar-refractivity contribution >= 4 is 39.6 Å². The van der Waals surface area contributed by atoms with Gasteiger partial charge in [0.1, 0.15) is 0 Å². The molecule has 1 aromatic heterocycles. The van der Waals surface area contributed by atoms with Gasteiger partial charge in [-0.05, 0) is 32.1 Å². The van der Waals surface area contributed by atoms with Gasteiger partial charge in [0.25, 0.3) is 0 Å². The van der Waals surface area contributed by atoms with Crippen LogP contribution in [0.3, 0.4) is 0 Å². The molecule has 0 aliphatic heterocycles. The maximum Gasteiger partial charge on any atom is 0.239 e. The van der Waals surface area contributed by atoms with E-state index in [9.17, 15) is 4.79 Å². The molecule has 114 valence electrons. The minimum absolute atomic E-state index is 0.0516. The number of carbonyl (C=O) groups is 1. The molecule has 1 aromatic rings. The molecule has 0 atom stereocenters. The van der Waals surface area contributed by atoms with Crippen LogP contribution in [0.4, 0.5) is 5.13 Å². The van der Waals surface area contributed by atoms with E-state index in [1.165, 1.54) is 11.3 Å². The Morgan fingerprint density at radius 3 is 2.52 bits per heavy atom. The Labute approximate surface area is 134 Å². The summed E-state index contributed by atoms with van der Waals surface area (Å²) >= 11 is 6.85. The molecule has 2 aliphatic carbocycles. The van der Waals surface area contributed by atoms with Gasteiger partial charge in [-0.2, -0.15) is 0 Å². The lowest BCUT2D eigenvalue weighted by Gasteiger charge is -2.29. The molecular formula is C15H21N3OS2. The van der Waals surface area contributed by atoms with Crippen LogP contribution in [0.5, 0.6) is 0 Å². The maximum absolute atomic E-state index is 12.8. The van der Waals surface area contributed by atoms with Gasteiger partial charge in [-0.1, -0.05) is 37.9 Å². The number of hydrogen-bond donors (Lipinski definition) is 2. The normalized spacial score (nSPS) is 20.6. The zero-order valence-electron chi connectivity index (χ0n) is 12.1. The molecule has 1 fully saturated rings. The number of carbonyl (C=O) groups excluding carboxylic acids is 1. The highest BCUT2D eigenvalue weighted by molar-refractivity contribution is 7.80. The third-order valence-electron chi connectivity index (χ3n) is 4.68. The van der Waals surface area contributed by atoms with Crippen LogP contribution in [-0.2, 0) is 17.6 Å². The van der Waals surface area contributed by atoms with E-state index in [1.807, 2.05) is 0 Å². The average molecular weight is 323 g/mol. The summed E-state index contributed by atoms with van der Waals surface area (Å²) in [6.07, 6.45) is 9.16.